The molecule has 2 aromatic heterocycles. The molecule has 0 atom stereocenters. The highest BCUT2D eigenvalue weighted by atomic mass is 19.4. The number of para-hydroxylation sites is 1. The Morgan fingerprint density at radius 1 is 1.21 bits per heavy atom. The number of rotatable bonds is 4. The van der Waals surface area contributed by atoms with Crippen molar-refractivity contribution in [3.8, 4) is 5.69 Å². The van der Waals surface area contributed by atoms with Crippen molar-refractivity contribution in [3.05, 3.63) is 57.2 Å². The highest BCUT2D eigenvalue weighted by Gasteiger charge is 2.43. The Kier molecular flexibility index (Phi) is 5.57. The molecule has 0 unspecified atom stereocenters. The number of imidazole rings is 1. The molecule has 4 rings (SSSR count). The van der Waals surface area contributed by atoms with E-state index in [-0.39, 0.29) is 16.2 Å². The first-order valence-corrected chi connectivity index (χ1v) is 9.86. The van der Waals surface area contributed by atoms with E-state index in [2.05, 4.69) is 21.7 Å². The summed E-state index contributed by atoms with van der Waals surface area (Å²) in [7, 11) is 1.07. The van der Waals surface area contributed by atoms with Crippen molar-refractivity contribution < 1.29 is 22.8 Å². The molecule has 0 amide bonds. The fourth-order valence-corrected chi connectivity index (χ4v) is 3.59. The molecule has 0 saturated carbocycles. The van der Waals surface area contributed by atoms with E-state index in [0.29, 0.717) is 42.0 Å². The largest absolute Gasteiger partial charge is 0.493 e. The lowest BCUT2D eigenvalue weighted by atomic mass is 10.1. The van der Waals surface area contributed by atoms with Crippen LogP contribution in [-0.2, 0) is 11.8 Å². The van der Waals surface area contributed by atoms with Gasteiger partial charge in [-0.05, 0) is 11.6 Å². The summed E-state index contributed by atoms with van der Waals surface area (Å²) in [6.07, 6.45) is -3.81. The van der Waals surface area contributed by atoms with Gasteiger partial charge < -0.3 is 15.1 Å². The first-order valence-electron chi connectivity index (χ1n) is 9.86. The van der Waals surface area contributed by atoms with Crippen LogP contribution in [0.15, 0.2) is 40.4 Å². The van der Waals surface area contributed by atoms with E-state index in [0.717, 1.165) is 7.05 Å². The Bertz CT molecular complexity index is 1370. The van der Waals surface area contributed by atoms with Crippen LogP contribution in [0.3, 0.4) is 0 Å². The number of halogens is 3. The monoisotopic (exact) mass is 464 g/mol. The van der Waals surface area contributed by atoms with Crippen LogP contribution in [0, 0.1) is 0 Å². The molecule has 0 aliphatic carbocycles. The summed E-state index contributed by atoms with van der Waals surface area (Å²) in [5.41, 5.74) is -1.75. The Morgan fingerprint density at radius 2 is 1.88 bits per heavy atom. The quantitative estimate of drug-likeness (QED) is 0.598. The predicted molar refractivity (Wildman–Crippen MR) is 113 cm³/mol. The zero-order chi connectivity index (χ0) is 23.9. The van der Waals surface area contributed by atoms with Crippen molar-refractivity contribution in [3.63, 3.8) is 0 Å². The Morgan fingerprint density at radius 3 is 2.52 bits per heavy atom. The molecule has 174 valence electrons. The molecule has 33 heavy (non-hydrogen) atoms. The van der Waals surface area contributed by atoms with Crippen molar-refractivity contribution in [2.45, 2.75) is 6.18 Å². The van der Waals surface area contributed by atoms with Crippen molar-refractivity contribution in [2.75, 3.05) is 31.1 Å². The maximum atomic E-state index is 13.1. The molecule has 3 aromatic rings. The second-order valence-corrected chi connectivity index (χ2v) is 7.24. The van der Waals surface area contributed by atoms with Gasteiger partial charge in [-0.3, -0.25) is 13.9 Å². The van der Waals surface area contributed by atoms with Crippen LogP contribution in [0.4, 0.5) is 19.1 Å². The minimum Gasteiger partial charge on any atom is -0.339 e. The van der Waals surface area contributed by atoms with Gasteiger partial charge in [0.1, 0.15) is 0 Å². The molecule has 3 heterocycles. The van der Waals surface area contributed by atoms with Crippen molar-refractivity contribution >= 4 is 29.2 Å². The normalized spacial score (nSPS) is 14.5. The lowest BCUT2D eigenvalue weighted by Gasteiger charge is -2.29. The predicted octanol–water partition coefficient (Wildman–Crippen LogP) is 0.456. The number of hydrogen-bond donors (Lipinski definition) is 1. The minimum absolute atomic E-state index is 0.102. The average Bonchev–Trinajstić information content (AvgIpc) is 3.20. The lowest BCUT2D eigenvalue weighted by molar-refractivity contribution is -0.200. The minimum atomic E-state index is -5.36. The summed E-state index contributed by atoms with van der Waals surface area (Å²) in [4.78, 5) is 47.8. The molecule has 10 nitrogen and oxygen atoms in total. The summed E-state index contributed by atoms with van der Waals surface area (Å²) in [6, 6.07) is 6.88. The molecule has 1 aromatic carbocycles. The number of carbonyl (C=O) groups is 1. The van der Waals surface area contributed by atoms with E-state index >= 15 is 0 Å². The number of benzene rings is 1. The maximum Gasteiger partial charge on any atom is 0.493 e. The fourth-order valence-electron chi connectivity index (χ4n) is 3.59. The van der Waals surface area contributed by atoms with Gasteiger partial charge in [-0.15, -0.1) is 0 Å². The summed E-state index contributed by atoms with van der Waals surface area (Å²) in [5.74, 6) is -2.41. The van der Waals surface area contributed by atoms with Crippen LogP contribution in [0.2, 0.25) is 0 Å². The van der Waals surface area contributed by atoms with Gasteiger partial charge in [0.05, 0.1) is 5.69 Å². The summed E-state index contributed by atoms with van der Waals surface area (Å²) in [6.45, 7) is 5.92. The van der Waals surface area contributed by atoms with Gasteiger partial charge >= 0.3 is 17.8 Å². The number of carbonyl (C=O) groups excluding carboxylic acids is 1. The second-order valence-electron chi connectivity index (χ2n) is 7.24. The number of hydrogen-bond acceptors (Lipinski definition) is 7. The van der Waals surface area contributed by atoms with Crippen molar-refractivity contribution in [1.29, 1.82) is 0 Å². The third kappa shape index (κ3) is 3.80. The second kappa shape index (κ2) is 8.24. The number of anilines is 1. The molecule has 1 aliphatic rings. The fraction of sp³-hybridized carbons (Fsp3) is 0.300. The first kappa shape index (κ1) is 22.3. The maximum absolute atomic E-state index is 13.1. The summed E-state index contributed by atoms with van der Waals surface area (Å²) >= 11 is 0. The molecule has 13 heteroatoms. The third-order valence-corrected chi connectivity index (χ3v) is 5.20. The van der Waals surface area contributed by atoms with Crippen LogP contribution in [-0.4, -0.2) is 57.2 Å². The molecule has 1 N–H and O–H groups in total. The highest BCUT2D eigenvalue weighted by molar-refractivity contribution is 5.81. The van der Waals surface area contributed by atoms with Crippen molar-refractivity contribution in [2.24, 2.45) is 7.05 Å². The van der Waals surface area contributed by atoms with Gasteiger partial charge in [-0.25, -0.2) is 9.59 Å². The van der Waals surface area contributed by atoms with E-state index in [1.54, 1.807) is 30.3 Å². The Hall–Kier alpha value is -3.87. The molecule has 1 saturated heterocycles. The topological polar surface area (TPSA) is 103 Å². The van der Waals surface area contributed by atoms with Gasteiger partial charge in [0.25, 0.3) is 5.56 Å². The first-order chi connectivity index (χ1) is 15.6. The van der Waals surface area contributed by atoms with E-state index in [1.807, 2.05) is 4.90 Å². The number of alkyl halides is 3. The lowest BCUT2D eigenvalue weighted by Crippen LogP contribution is -2.45. The van der Waals surface area contributed by atoms with E-state index in [4.69, 9.17) is 0 Å². The van der Waals surface area contributed by atoms with Crippen LogP contribution in [0.5, 0.6) is 0 Å². The third-order valence-electron chi connectivity index (χ3n) is 5.20. The number of nitrogens with one attached hydrogen (secondary N) is 1. The number of fused-ring (bicyclic) bond motifs is 1. The highest BCUT2D eigenvalue weighted by Crippen LogP contribution is 2.28. The van der Waals surface area contributed by atoms with Gasteiger partial charge in [0.2, 0.25) is 11.6 Å². The molecule has 1 aliphatic heterocycles. The van der Waals surface area contributed by atoms with Crippen LogP contribution < -0.4 is 26.3 Å². The molecular formula is C20H19F3N6O4. The van der Waals surface area contributed by atoms with Crippen molar-refractivity contribution in [1.82, 2.24) is 24.2 Å². The number of nitrogens with zero attached hydrogens (tertiary/aromatic N) is 5. The molecular weight excluding hydrogens is 445 g/mol. The Labute approximate surface area is 184 Å². The SMILES string of the molecule is C=Cc1ccccc1-n1c(N2CCNCC2)nc2c1c(=O)n(C)c(=O)n2OC(=O)C(F)(F)F. The number of piperazine rings is 1. The van der Waals surface area contributed by atoms with E-state index < -0.39 is 29.0 Å². The smallest absolute Gasteiger partial charge is 0.339 e. The van der Waals surface area contributed by atoms with Gasteiger partial charge in [-0.1, -0.05) is 35.6 Å². The van der Waals surface area contributed by atoms with Gasteiger partial charge in [0, 0.05) is 33.2 Å². The van der Waals surface area contributed by atoms with Crippen LogP contribution >= 0.6 is 0 Å². The van der Waals surface area contributed by atoms with Gasteiger partial charge in [-0.2, -0.15) is 18.2 Å². The molecule has 0 spiro atoms. The molecule has 1 fully saturated rings. The standard InChI is InChI=1S/C20H19F3N6O4/c1-3-12-6-4-5-7-13(12)28-14-15(25-18(28)27-10-8-24-9-11-27)29(19(32)26(2)16(14)30)33-17(31)20(21,22)23/h3-7,24H,1,8-11H2,2H3. The molecule has 0 radical (unpaired) electrons. The van der Waals surface area contributed by atoms with Crippen LogP contribution in [0.1, 0.15) is 5.56 Å². The van der Waals surface area contributed by atoms with E-state index in [9.17, 15) is 27.6 Å². The Balaban J connectivity index is 2.10. The summed E-state index contributed by atoms with van der Waals surface area (Å²) in [5, 5.41) is 3.17. The number of aromatic nitrogens is 4. The average molecular weight is 464 g/mol. The van der Waals surface area contributed by atoms with E-state index in [1.165, 1.54) is 4.57 Å². The molecule has 0 bridgehead atoms. The van der Waals surface area contributed by atoms with Crippen LogP contribution in [0.25, 0.3) is 22.9 Å². The zero-order valence-corrected chi connectivity index (χ0v) is 17.4. The zero-order valence-electron chi connectivity index (χ0n) is 17.4. The van der Waals surface area contributed by atoms with Gasteiger partial charge in [0.15, 0.2) is 5.52 Å². The summed E-state index contributed by atoms with van der Waals surface area (Å²) < 4.78 is 40.7.